The zero-order chi connectivity index (χ0) is 19.4. The Hall–Kier alpha value is -1.50. The van der Waals surface area contributed by atoms with Gasteiger partial charge in [-0.1, -0.05) is 52.5 Å². The van der Waals surface area contributed by atoms with Crippen LogP contribution < -0.4 is 5.32 Å². The van der Waals surface area contributed by atoms with Gasteiger partial charge < -0.3 is 14.6 Å². The highest BCUT2D eigenvalue weighted by Gasteiger charge is 2.19. The van der Waals surface area contributed by atoms with Crippen LogP contribution in [0.15, 0.2) is 55.1 Å². The van der Waals surface area contributed by atoms with Crippen molar-refractivity contribution in [2.45, 2.75) is 12.6 Å². The van der Waals surface area contributed by atoms with Gasteiger partial charge in [0.2, 0.25) is 0 Å². The molecular weight excluding hydrogens is 448 g/mol. The summed E-state index contributed by atoms with van der Waals surface area (Å²) in [5.41, 5.74) is 1.34. The van der Waals surface area contributed by atoms with Gasteiger partial charge in [0.05, 0.1) is 23.6 Å². The fourth-order valence-corrected chi connectivity index (χ4v) is 3.62. The molecule has 0 aliphatic rings. The third-order valence-electron chi connectivity index (χ3n) is 3.66. The zero-order valence-corrected chi connectivity index (χ0v) is 17.5. The Bertz CT molecular complexity index is 950. The van der Waals surface area contributed by atoms with Crippen LogP contribution in [0.2, 0.25) is 20.1 Å². The molecule has 3 rings (SSSR count). The summed E-state index contributed by atoms with van der Waals surface area (Å²) < 4.78 is 7.84. The van der Waals surface area contributed by atoms with Crippen LogP contribution in [0.25, 0.3) is 0 Å². The van der Waals surface area contributed by atoms with E-state index in [2.05, 4.69) is 10.3 Å². The molecule has 0 fully saturated rings. The molecule has 1 N–H and O–H groups in total. The molecule has 0 radical (unpaired) electrons. The van der Waals surface area contributed by atoms with E-state index in [1.165, 1.54) is 0 Å². The smallest absolute Gasteiger partial charge is 0.261 e. The molecular formula is C18H13Cl4N3OS. The molecule has 4 nitrogen and oxygen atoms in total. The molecule has 0 amide bonds. The largest absolute Gasteiger partial charge is 0.461 e. The predicted octanol–water partition coefficient (Wildman–Crippen LogP) is 6.65. The van der Waals surface area contributed by atoms with Gasteiger partial charge in [0.15, 0.2) is 0 Å². The molecule has 1 atom stereocenters. The number of hydrogen-bond acceptors (Lipinski definition) is 3. The maximum absolute atomic E-state index is 6.36. The minimum Gasteiger partial charge on any atom is -0.461 e. The highest BCUT2D eigenvalue weighted by molar-refractivity contribution is 7.80. The summed E-state index contributed by atoms with van der Waals surface area (Å²) in [4.78, 5) is 4.05. The van der Waals surface area contributed by atoms with Gasteiger partial charge in [0.25, 0.3) is 5.17 Å². The Morgan fingerprint density at radius 3 is 2.41 bits per heavy atom. The van der Waals surface area contributed by atoms with Crippen LogP contribution in [0.4, 0.5) is 5.69 Å². The highest BCUT2D eigenvalue weighted by Crippen LogP contribution is 2.31. The first-order valence-corrected chi connectivity index (χ1v) is 9.68. The average Bonchev–Trinajstić information content (AvgIpc) is 3.10. The number of rotatable bonds is 5. The second-order valence-electron chi connectivity index (χ2n) is 5.57. The van der Waals surface area contributed by atoms with Crippen LogP contribution in [0, 0.1) is 0 Å². The van der Waals surface area contributed by atoms with Crippen LogP contribution in [0.1, 0.15) is 11.7 Å². The molecule has 9 heteroatoms. The first kappa shape index (κ1) is 20.2. The summed E-state index contributed by atoms with van der Waals surface area (Å²) in [5, 5.41) is 5.11. The average molecular weight is 461 g/mol. The van der Waals surface area contributed by atoms with Gasteiger partial charge in [-0.3, -0.25) is 0 Å². The maximum Gasteiger partial charge on any atom is 0.261 e. The summed E-state index contributed by atoms with van der Waals surface area (Å²) in [7, 11) is 0. The monoisotopic (exact) mass is 459 g/mol. The van der Waals surface area contributed by atoms with E-state index in [1.807, 2.05) is 16.8 Å². The van der Waals surface area contributed by atoms with Gasteiger partial charge >= 0.3 is 0 Å². The van der Waals surface area contributed by atoms with Gasteiger partial charge in [-0.25, -0.2) is 4.98 Å². The fraction of sp³-hybridized carbons (Fsp3) is 0.111. The van der Waals surface area contributed by atoms with Crippen LogP contribution in [0.3, 0.4) is 0 Å². The summed E-state index contributed by atoms with van der Waals surface area (Å²) in [6, 6.07) is 10.3. The Morgan fingerprint density at radius 1 is 1.07 bits per heavy atom. The summed E-state index contributed by atoms with van der Waals surface area (Å²) in [5.74, 6) is 0. The number of hydrogen-bond donors (Lipinski definition) is 1. The number of imidazole rings is 1. The number of nitrogens with one attached hydrogen (secondary N) is 1. The van der Waals surface area contributed by atoms with Crippen molar-refractivity contribution in [3.8, 4) is 0 Å². The first-order chi connectivity index (χ1) is 12.9. The standard InChI is InChI=1S/C18H13Cl4N3OS/c19-11-1-3-13(14(21)7-11)17(9-25-6-5-23-10-25)26-18(27)24-16-4-2-12(20)8-15(16)22/h1-8,10,17H,9H2,(H,24,27)/t17-/m0/s1. The van der Waals surface area contributed by atoms with Gasteiger partial charge in [0, 0.05) is 33.0 Å². The van der Waals surface area contributed by atoms with E-state index < -0.39 is 6.10 Å². The third kappa shape index (κ3) is 5.50. The molecule has 1 aromatic heterocycles. The molecule has 0 saturated carbocycles. The quantitative estimate of drug-likeness (QED) is 0.432. The summed E-state index contributed by atoms with van der Waals surface area (Å²) in [6.07, 6.45) is 4.74. The fourth-order valence-electron chi connectivity index (χ4n) is 2.41. The second-order valence-corrected chi connectivity index (χ2v) is 7.63. The number of thiocarbonyl (C=S) groups is 1. The summed E-state index contributed by atoms with van der Waals surface area (Å²) >= 11 is 29.8. The van der Waals surface area contributed by atoms with Crippen LogP contribution in [0.5, 0.6) is 0 Å². The molecule has 140 valence electrons. The number of halogens is 4. The van der Waals surface area contributed by atoms with E-state index in [4.69, 9.17) is 63.4 Å². The van der Waals surface area contributed by atoms with Gasteiger partial charge in [-0.15, -0.1) is 0 Å². The molecule has 27 heavy (non-hydrogen) atoms. The van der Waals surface area contributed by atoms with Gasteiger partial charge in [-0.05, 0) is 42.5 Å². The lowest BCUT2D eigenvalue weighted by molar-refractivity contribution is 0.175. The van der Waals surface area contributed by atoms with Gasteiger partial charge in [-0.2, -0.15) is 0 Å². The van der Waals surface area contributed by atoms with Crippen molar-refractivity contribution in [1.82, 2.24) is 9.55 Å². The molecule has 0 aliphatic carbocycles. The third-order valence-corrected chi connectivity index (χ3v) is 4.97. The minimum absolute atomic E-state index is 0.148. The minimum atomic E-state index is -0.463. The van der Waals surface area contributed by atoms with Crippen molar-refractivity contribution in [2.24, 2.45) is 0 Å². The SMILES string of the molecule is S=C(Nc1ccc(Cl)cc1Cl)O[C@@H](Cn1ccnc1)c1ccc(Cl)cc1Cl. The maximum atomic E-state index is 6.36. The number of aromatic nitrogens is 2. The van der Waals surface area contributed by atoms with Crippen molar-refractivity contribution >= 4 is 69.5 Å². The van der Waals surface area contributed by atoms with Crippen LogP contribution in [-0.2, 0) is 11.3 Å². The van der Waals surface area contributed by atoms with Crippen molar-refractivity contribution < 1.29 is 4.74 Å². The normalized spacial score (nSPS) is 11.9. The van der Waals surface area contributed by atoms with Crippen LogP contribution in [-0.4, -0.2) is 14.7 Å². The topological polar surface area (TPSA) is 39.1 Å². The van der Waals surface area contributed by atoms with Crippen molar-refractivity contribution in [1.29, 1.82) is 0 Å². The van der Waals surface area contributed by atoms with E-state index in [1.54, 1.807) is 42.9 Å². The zero-order valence-electron chi connectivity index (χ0n) is 13.7. The van der Waals surface area contributed by atoms with Gasteiger partial charge in [0.1, 0.15) is 6.10 Å². The molecule has 0 aliphatic heterocycles. The number of benzene rings is 2. The first-order valence-electron chi connectivity index (χ1n) is 7.76. The molecule has 3 aromatic rings. The van der Waals surface area contributed by atoms with Crippen LogP contribution >= 0.6 is 58.6 Å². The Balaban J connectivity index is 1.81. The van der Waals surface area contributed by atoms with E-state index in [-0.39, 0.29) is 5.17 Å². The highest BCUT2D eigenvalue weighted by atomic mass is 35.5. The molecule has 0 saturated heterocycles. The van der Waals surface area contributed by atoms with E-state index >= 15 is 0 Å². The molecule has 0 spiro atoms. The number of ether oxygens (including phenoxy) is 1. The van der Waals surface area contributed by atoms with E-state index in [0.717, 1.165) is 5.56 Å². The van der Waals surface area contributed by atoms with Crippen molar-refractivity contribution in [3.05, 3.63) is 80.8 Å². The Kier molecular flexibility index (Phi) is 6.84. The van der Waals surface area contributed by atoms with E-state index in [0.29, 0.717) is 32.3 Å². The lowest BCUT2D eigenvalue weighted by Gasteiger charge is -2.22. The lowest BCUT2D eigenvalue weighted by Crippen LogP contribution is -2.21. The summed E-state index contributed by atoms with van der Waals surface area (Å²) in [6.45, 7) is 0.456. The molecule has 1 heterocycles. The van der Waals surface area contributed by atoms with Crippen molar-refractivity contribution in [2.75, 3.05) is 5.32 Å². The lowest BCUT2D eigenvalue weighted by atomic mass is 10.1. The number of anilines is 1. The Morgan fingerprint density at radius 2 is 1.78 bits per heavy atom. The van der Waals surface area contributed by atoms with Crippen molar-refractivity contribution in [3.63, 3.8) is 0 Å². The predicted molar refractivity (Wildman–Crippen MR) is 115 cm³/mol. The van der Waals surface area contributed by atoms with E-state index in [9.17, 15) is 0 Å². The molecule has 2 aromatic carbocycles. The second kappa shape index (κ2) is 9.13. The Labute approximate surface area is 182 Å². The number of nitrogens with zero attached hydrogens (tertiary/aromatic N) is 2. The molecule has 0 unspecified atom stereocenters. The molecule has 0 bridgehead atoms.